The molecule has 0 unspecified atom stereocenters. The summed E-state index contributed by atoms with van der Waals surface area (Å²) in [5, 5.41) is 9.56. The van der Waals surface area contributed by atoms with Crippen molar-refractivity contribution >= 4 is 23.5 Å². The third-order valence-corrected chi connectivity index (χ3v) is 2.43. The van der Waals surface area contributed by atoms with E-state index in [-0.39, 0.29) is 0 Å². The van der Waals surface area contributed by atoms with Crippen molar-refractivity contribution in [3.05, 3.63) is 46.4 Å². The molecule has 0 aliphatic rings. The van der Waals surface area contributed by atoms with Crippen LogP contribution in [-0.4, -0.2) is 10.2 Å². The lowest BCUT2D eigenvalue weighted by atomic mass is 10.3. The normalized spacial score (nSPS) is 10.8. The Bertz CT molecular complexity index is 379. The van der Waals surface area contributed by atoms with Crippen molar-refractivity contribution in [2.45, 2.75) is 0 Å². The van der Waals surface area contributed by atoms with Crippen molar-refractivity contribution < 1.29 is 0 Å². The minimum atomic E-state index is 1.07. The number of hydrogen-bond donors (Lipinski definition) is 0. The predicted molar refractivity (Wildman–Crippen MR) is 55.3 cm³/mol. The smallest absolute Gasteiger partial charge is 0.0568 e. The van der Waals surface area contributed by atoms with Gasteiger partial charge in [0, 0.05) is 4.88 Å². The van der Waals surface area contributed by atoms with Gasteiger partial charge in [-0.15, -0.1) is 11.3 Å². The Morgan fingerprint density at radius 2 is 2.15 bits per heavy atom. The fraction of sp³-hybridized carbons (Fsp3) is 0. The molecule has 0 atom stereocenters. The second kappa shape index (κ2) is 3.96. The van der Waals surface area contributed by atoms with Crippen LogP contribution in [0.5, 0.6) is 0 Å². The number of aromatic nitrogens is 2. The molecule has 2 rings (SSSR count). The van der Waals surface area contributed by atoms with Gasteiger partial charge in [0.05, 0.1) is 12.4 Å². The van der Waals surface area contributed by atoms with E-state index in [2.05, 4.69) is 27.7 Å². The second-order valence-corrected chi connectivity index (χ2v) is 3.50. The molecule has 3 heteroatoms. The molecule has 0 N–H and O–H groups in total. The van der Waals surface area contributed by atoms with Crippen LogP contribution in [0.25, 0.3) is 12.2 Å². The van der Waals surface area contributed by atoms with E-state index in [1.165, 1.54) is 4.88 Å². The first-order valence-electron chi connectivity index (χ1n) is 3.93. The SMILES string of the molecule is C(=C\c1cccs1)/c1ccnnc1. The molecule has 0 aliphatic heterocycles. The summed E-state index contributed by atoms with van der Waals surface area (Å²) >= 11 is 1.72. The van der Waals surface area contributed by atoms with Gasteiger partial charge in [0.25, 0.3) is 0 Å². The maximum Gasteiger partial charge on any atom is 0.0568 e. The number of rotatable bonds is 2. The van der Waals surface area contributed by atoms with Gasteiger partial charge in [0.1, 0.15) is 0 Å². The third kappa shape index (κ3) is 2.23. The van der Waals surface area contributed by atoms with Crippen LogP contribution in [0.3, 0.4) is 0 Å². The average Bonchev–Trinajstić information content (AvgIpc) is 2.69. The predicted octanol–water partition coefficient (Wildman–Crippen LogP) is 2.71. The largest absolute Gasteiger partial charge is 0.159 e. The first kappa shape index (κ1) is 8.13. The van der Waals surface area contributed by atoms with Crippen molar-refractivity contribution in [3.63, 3.8) is 0 Å². The first-order chi connectivity index (χ1) is 6.45. The molecule has 0 saturated carbocycles. The Kier molecular flexibility index (Phi) is 2.48. The molecule has 2 aromatic heterocycles. The summed E-state index contributed by atoms with van der Waals surface area (Å²) in [6.45, 7) is 0. The number of thiophene rings is 1. The van der Waals surface area contributed by atoms with Crippen molar-refractivity contribution in [1.29, 1.82) is 0 Å². The highest BCUT2D eigenvalue weighted by atomic mass is 32.1. The fourth-order valence-electron chi connectivity index (χ4n) is 0.964. The Morgan fingerprint density at radius 3 is 2.85 bits per heavy atom. The van der Waals surface area contributed by atoms with E-state index in [0.717, 1.165) is 5.56 Å². The van der Waals surface area contributed by atoms with Crippen LogP contribution in [0.2, 0.25) is 0 Å². The van der Waals surface area contributed by atoms with Gasteiger partial charge in [0.2, 0.25) is 0 Å². The van der Waals surface area contributed by atoms with Crippen LogP contribution in [0.4, 0.5) is 0 Å². The van der Waals surface area contributed by atoms with Gasteiger partial charge in [-0.1, -0.05) is 12.1 Å². The van der Waals surface area contributed by atoms with Crippen molar-refractivity contribution in [3.8, 4) is 0 Å². The molecule has 0 amide bonds. The molecular formula is C10H8N2S. The minimum absolute atomic E-state index is 1.07. The lowest BCUT2D eigenvalue weighted by Gasteiger charge is -1.88. The van der Waals surface area contributed by atoms with E-state index in [1.54, 1.807) is 23.7 Å². The fourth-order valence-corrected chi connectivity index (χ4v) is 1.58. The number of nitrogens with zero attached hydrogens (tertiary/aromatic N) is 2. The summed E-state index contributed by atoms with van der Waals surface area (Å²) in [6, 6.07) is 6.04. The summed E-state index contributed by atoms with van der Waals surface area (Å²) in [5.74, 6) is 0. The minimum Gasteiger partial charge on any atom is -0.159 e. The lowest BCUT2D eigenvalue weighted by molar-refractivity contribution is 1.03. The van der Waals surface area contributed by atoms with Gasteiger partial charge >= 0.3 is 0 Å². The third-order valence-electron chi connectivity index (χ3n) is 1.59. The maximum atomic E-state index is 3.79. The topological polar surface area (TPSA) is 25.8 Å². The zero-order valence-electron chi connectivity index (χ0n) is 6.92. The van der Waals surface area contributed by atoms with Gasteiger partial charge in [0.15, 0.2) is 0 Å². The average molecular weight is 188 g/mol. The summed E-state index contributed by atoms with van der Waals surface area (Å²) in [5.41, 5.74) is 1.07. The van der Waals surface area contributed by atoms with Crippen LogP contribution in [0.1, 0.15) is 10.4 Å². The monoisotopic (exact) mass is 188 g/mol. The van der Waals surface area contributed by atoms with E-state index in [9.17, 15) is 0 Å². The summed E-state index contributed by atoms with van der Waals surface area (Å²) in [6.07, 6.45) is 7.53. The lowest BCUT2D eigenvalue weighted by Crippen LogP contribution is -1.78. The van der Waals surface area contributed by atoms with E-state index < -0.39 is 0 Å². The van der Waals surface area contributed by atoms with Gasteiger partial charge < -0.3 is 0 Å². The van der Waals surface area contributed by atoms with Crippen LogP contribution in [0, 0.1) is 0 Å². The molecule has 2 heterocycles. The second-order valence-electron chi connectivity index (χ2n) is 2.52. The quantitative estimate of drug-likeness (QED) is 0.724. The first-order valence-corrected chi connectivity index (χ1v) is 4.81. The molecule has 2 nitrogen and oxygen atoms in total. The molecule has 2 aromatic rings. The Hall–Kier alpha value is -1.48. The van der Waals surface area contributed by atoms with Crippen LogP contribution in [0.15, 0.2) is 36.0 Å². The van der Waals surface area contributed by atoms with Crippen molar-refractivity contribution in [1.82, 2.24) is 10.2 Å². The highest BCUT2D eigenvalue weighted by Gasteiger charge is 1.87. The molecule has 0 bridgehead atoms. The highest BCUT2D eigenvalue weighted by molar-refractivity contribution is 7.10. The Labute approximate surface area is 80.6 Å². The molecule has 0 spiro atoms. The van der Waals surface area contributed by atoms with E-state index in [1.807, 2.05) is 18.2 Å². The molecule has 0 radical (unpaired) electrons. The van der Waals surface area contributed by atoms with Gasteiger partial charge in [-0.3, -0.25) is 0 Å². The van der Waals surface area contributed by atoms with E-state index in [4.69, 9.17) is 0 Å². The summed E-state index contributed by atoms with van der Waals surface area (Å²) < 4.78 is 0. The zero-order chi connectivity index (χ0) is 8.93. The van der Waals surface area contributed by atoms with Crippen LogP contribution in [-0.2, 0) is 0 Å². The standard InChI is InChI=1S/C10H8N2S/c1-2-10(13-7-1)4-3-9-5-6-11-12-8-9/h1-8H/b4-3+. The highest BCUT2D eigenvalue weighted by Crippen LogP contribution is 2.12. The molecular weight excluding hydrogens is 180 g/mol. The van der Waals surface area contributed by atoms with Crippen LogP contribution >= 0.6 is 11.3 Å². The molecule has 0 fully saturated rings. The summed E-state index contributed by atoms with van der Waals surface area (Å²) in [4.78, 5) is 1.25. The molecule has 0 saturated heterocycles. The zero-order valence-corrected chi connectivity index (χ0v) is 7.74. The van der Waals surface area contributed by atoms with Crippen LogP contribution < -0.4 is 0 Å². The van der Waals surface area contributed by atoms with E-state index >= 15 is 0 Å². The maximum absolute atomic E-state index is 3.79. The van der Waals surface area contributed by atoms with Crippen molar-refractivity contribution in [2.24, 2.45) is 0 Å². The van der Waals surface area contributed by atoms with Gasteiger partial charge in [-0.25, -0.2) is 0 Å². The van der Waals surface area contributed by atoms with Gasteiger partial charge in [-0.05, 0) is 29.2 Å². The molecule has 64 valence electrons. The number of hydrogen-bond acceptors (Lipinski definition) is 3. The van der Waals surface area contributed by atoms with Gasteiger partial charge in [-0.2, -0.15) is 10.2 Å². The Morgan fingerprint density at radius 1 is 1.15 bits per heavy atom. The van der Waals surface area contributed by atoms with Crippen molar-refractivity contribution in [2.75, 3.05) is 0 Å². The molecule has 0 aromatic carbocycles. The Balaban J connectivity index is 2.15. The van der Waals surface area contributed by atoms with E-state index in [0.29, 0.717) is 0 Å². The molecule has 0 aliphatic carbocycles. The molecule has 13 heavy (non-hydrogen) atoms. The summed E-state index contributed by atoms with van der Waals surface area (Å²) in [7, 11) is 0.